The number of hydrogen-bond acceptors (Lipinski definition) is 7. The van der Waals surface area contributed by atoms with Gasteiger partial charge in [-0.15, -0.1) is 0 Å². The minimum absolute atomic E-state index is 0.126. The number of nitrogens with zero attached hydrogens (tertiary/aromatic N) is 1. The number of nitrogens with one attached hydrogen (secondary N) is 3. The first-order chi connectivity index (χ1) is 17.4. The predicted molar refractivity (Wildman–Crippen MR) is 143 cm³/mol. The zero-order valence-electron chi connectivity index (χ0n) is 21.1. The summed E-state index contributed by atoms with van der Waals surface area (Å²) in [5, 5.41) is 38.8. The summed E-state index contributed by atoms with van der Waals surface area (Å²) in [6, 6.07) is 10.2. The maximum Gasteiger partial charge on any atom is 0.148 e. The summed E-state index contributed by atoms with van der Waals surface area (Å²) >= 11 is 0. The van der Waals surface area contributed by atoms with Crippen molar-refractivity contribution in [2.45, 2.75) is 56.9 Å². The highest BCUT2D eigenvalue weighted by Gasteiger charge is 2.45. The summed E-state index contributed by atoms with van der Waals surface area (Å²) in [7, 11) is 1.82. The fraction of sp³-hybridized carbons (Fsp3) is 0.414. The molecule has 0 spiro atoms. The first-order valence-electron chi connectivity index (χ1n) is 12.8. The van der Waals surface area contributed by atoms with Crippen molar-refractivity contribution < 1.29 is 14.9 Å². The van der Waals surface area contributed by atoms with Crippen LogP contribution in [0.4, 0.5) is 0 Å². The molecule has 1 fully saturated rings. The standard InChI is InChI=1S/C29H36N4O3/c1-29(35)24-14-20(13-19-11-12-25(32-16-19)21(15-30)17-31-2)22-7-3-4-8-23(22)28(24)36-18-33(29)26-9-5-6-10-27(26)34/h3-4,7-8,11-12,14-15,17,26-27,30-32,34-35H,5-6,9-10,13,16,18H2,1-2H3/b21-17+,30-15?/t26-,27-,29?/m0/s1. The van der Waals surface area contributed by atoms with Gasteiger partial charge < -0.3 is 31.0 Å². The molecule has 1 aliphatic carbocycles. The highest BCUT2D eigenvalue weighted by molar-refractivity contribution is 5.93. The fourth-order valence-corrected chi connectivity index (χ4v) is 5.81. The number of aliphatic hydroxyl groups excluding tert-OH is 1. The fourth-order valence-electron chi connectivity index (χ4n) is 5.81. The molecule has 190 valence electrons. The third-order valence-corrected chi connectivity index (χ3v) is 7.77. The Balaban J connectivity index is 1.52. The lowest BCUT2D eigenvalue weighted by molar-refractivity contribution is -0.186. The Kier molecular flexibility index (Phi) is 6.88. The van der Waals surface area contributed by atoms with Crippen LogP contribution < -0.4 is 15.4 Å². The second kappa shape index (κ2) is 10.1. The molecular weight excluding hydrogens is 452 g/mol. The molecule has 36 heavy (non-hydrogen) atoms. The third-order valence-electron chi connectivity index (χ3n) is 7.77. The maximum atomic E-state index is 11.9. The van der Waals surface area contributed by atoms with Gasteiger partial charge in [0.2, 0.25) is 0 Å². The molecule has 0 radical (unpaired) electrons. The Labute approximate surface area is 212 Å². The number of benzene rings is 2. The van der Waals surface area contributed by atoms with Gasteiger partial charge in [-0.1, -0.05) is 43.2 Å². The lowest BCUT2D eigenvalue weighted by Crippen LogP contribution is -2.58. The normalized spacial score (nSPS) is 26.8. The van der Waals surface area contributed by atoms with E-state index in [2.05, 4.69) is 34.9 Å². The summed E-state index contributed by atoms with van der Waals surface area (Å²) < 4.78 is 6.29. The quantitative estimate of drug-likeness (QED) is 0.398. The summed E-state index contributed by atoms with van der Waals surface area (Å²) in [4.78, 5) is 1.93. The van der Waals surface area contributed by atoms with Crippen molar-refractivity contribution in [1.82, 2.24) is 15.5 Å². The van der Waals surface area contributed by atoms with Gasteiger partial charge in [0.15, 0.2) is 0 Å². The summed E-state index contributed by atoms with van der Waals surface area (Å²) in [5.41, 5.74) is 3.56. The molecule has 7 nitrogen and oxygen atoms in total. The van der Waals surface area contributed by atoms with Crippen molar-refractivity contribution in [2.75, 3.05) is 20.3 Å². The van der Waals surface area contributed by atoms with Gasteiger partial charge in [0.1, 0.15) is 18.2 Å². The van der Waals surface area contributed by atoms with Crippen LogP contribution in [0.15, 0.2) is 65.5 Å². The Hall–Kier alpha value is -3.13. The molecule has 5 N–H and O–H groups in total. The van der Waals surface area contributed by atoms with Crippen molar-refractivity contribution in [1.29, 1.82) is 5.41 Å². The summed E-state index contributed by atoms with van der Waals surface area (Å²) in [6.07, 6.45) is 11.2. The second-order valence-electron chi connectivity index (χ2n) is 10.1. The minimum atomic E-state index is -1.25. The number of hydrogen-bond donors (Lipinski definition) is 5. The van der Waals surface area contributed by atoms with E-state index in [0.717, 1.165) is 71.0 Å². The first kappa shape index (κ1) is 24.6. The van der Waals surface area contributed by atoms with E-state index in [-0.39, 0.29) is 12.8 Å². The van der Waals surface area contributed by atoms with E-state index in [0.29, 0.717) is 6.54 Å². The monoisotopic (exact) mass is 488 g/mol. The van der Waals surface area contributed by atoms with Crippen molar-refractivity contribution in [3.05, 3.63) is 76.7 Å². The highest BCUT2D eigenvalue weighted by Crippen LogP contribution is 2.45. The van der Waals surface area contributed by atoms with E-state index < -0.39 is 11.8 Å². The van der Waals surface area contributed by atoms with Crippen molar-refractivity contribution in [3.8, 4) is 5.75 Å². The number of aliphatic hydroxyl groups is 2. The zero-order valence-corrected chi connectivity index (χ0v) is 21.1. The largest absolute Gasteiger partial charge is 0.477 e. The lowest BCUT2D eigenvalue weighted by atomic mass is 9.86. The van der Waals surface area contributed by atoms with E-state index >= 15 is 0 Å². The van der Waals surface area contributed by atoms with Crippen molar-refractivity contribution >= 4 is 17.0 Å². The van der Waals surface area contributed by atoms with E-state index in [1.165, 1.54) is 11.8 Å². The van der Waals surface area contributed by atoms with Crippen LogP contribution in [0.5, 0.6) is 5.75 Å². The van der Waals surface area contributed by atoms with Gasteiger partial charge in [-0.3, -0.25) is 0 Å². The third kappa shape index (κ3) is 4.43. The molecule has 0 bridgehead atoms. The van der Waals surface area contributed by atoms with Crippen LogP contribution in [-0.4, -0.2) is 53.8 Å². The van der Waals surface area contributed by atoms with Gasteiger partial charge >= 0.3 is 0 Å². The number of rotatable bonds is 6. The lowest BCUT2D eigenvalue weighted by Gasteiger charge is -2.48. The molecule has 7 heteroatoms. The topological polar surface area (TPSA) is 101 Å². The van der Waals surface area contributed by atoms with Gasteiger partial charge in [-0.2, -0.15) is 0 Å². The number of dihydropyridines is 1. The Morgan fingerprint density at radius 1 is 1.25 bits per heavy atom. The SMILES string of the molecule is CN/C=C(\C=N)C1=CC=C(Cc2cc3c(c4ccccc24)OCN([C@H]2CCCC[C@@H]2O)C3(C)O)CN1. The van der Waals surface area contributed by atoms with Crippen LogP contribution in [0.25, 0.3) is 10.8 Å². The second-order valence-corrected chi connectivity index (χ2v) is 10.1. The van der Waals surface area contributed by atoms with Gasteiger partial charge in [-0.25, -0.2) is 4.90 Å². The zero-order chi connectivity index (χ0) is 25.3. The van der Waals surface area contributed by atoms with Crippen molar-refractivity contribution in [3.63, 3.8) is 0 Å². The molecule has 0 saturated heterocycles. The van der Waals surface area contributed by atoms with Gasteiger partial charge in [0, 0.05) is 54.3 Å². The molecule has 0 amide bonds. The molecule has 1 unspecified atom stereocenters. The Morgan fingerprint density at radius 2 is 2.03 bits per heavy atom. The molecule has 3 aliphatic rings. The van der Waals surface area contributed by atoms with Crippen LogP contribution in [-0.2, 0) is 12.1 Å². The molecule has 5 rings (SSSR count). The Bertz CT molecular complexity index is 1250. The molecule has 1 saturated carbocycles. The molecule has 2 heterocycles. The first-order valence-corrected chi connectivity index (χ1v) is 12.8. The Morgan fingerprint density at radius 3 is 2.72 bits per heavy atom. The number of fused-ring (bicyclic) bond motifs is 3. The summed E-state index contributed by atoms with van der Waals surface area (Å²) in [5.74, 6) is 0.728. The number of allylic oxidation sites excluding steroid dienone is 3. The molecule has 3 atom stereocenters. The molecular formula is C29H36N4O3. The number of ether oxygens (including phenoxy) is 1. The van der Waals surface area contributed by atoms with E-state index in [1.807, 2.05) is 37.1 Å². The average Bonchev–Trinajstić information content (AvgIpc) is 2.89. The smallest absolute Gasteiger partial charge is 0.148 e. The summed E-state index contributed by atoms with van der Waals surface area (Å²) in [6.45, 7) is 2.76. The molecule has 2 aliphatic heterocycles. The van der Waals surface area contributed by atoms with E-state index in [9.17, 15) is 10.2 Å². The molecule has 2 aromatic rings. The van der Waals surface area contributed by atoms with Crippen LogP contribution >= 0.6 is 0 Å². The predicted octanol–water partition coefficient (Wildman–Crippen LogP) is 3.67. The van der Waals surface area contributed by atoms with Gasteiger partial charge in [0.05, 0.1) is 6.10 Å². The van der Waals surface area contributed by atoms with Gasteiger partial charge in [0.25, 0.3) is 0 Å². The van der Waals surface area contributed by atoms with Crippen LogP contribution in [0.3, 0.4) is 0 Å². The molecule has 2 aromatic carbocycles. The highest BCUT2D eigenvalue weighted by atomic mass is 16.5. The van der Waals surface area contributed by atoms with E-state index in [4.69, 9.17) is 10.1 Å². The van der Waals surface area contributed by atoms with Gasteiger partial charge in [-0.05, 0) is 54.9 Å². The molecule has 0 aromatic heterocycles. The average molecular weight is 489 g/mol. The van der Waals surface area contributed by atoms with Crippen LogP contribution in [0.1, 0.15) is 43.7 Å². The van der Waals surface area contributed by atoms with E-state index in [1.54, 1.807) is 6.20 Å². The maximum absolute atomic E-state index is 11.9. The van der Waals surface area contributed by atoms with Crippen LogP contribution in [0.2, 0.25) is 0 Å². The minimum Gasteiger partial charge on any atom is -0.477 e. The van der Waals surface area contributed by atoms with Crippen LogP contribution in [0, 0.1) is 5.41 Å². The van der Waals surface area contributed by atoms with Crippen molar-refractivity contribution in [2.24, 2.45) is 0 Å².